The molecule has 0 saturated carbocycles. The van der Waals surface area contributed by atoms with E-state index in [1.165, 1.54) is 0 Å². The molecular weight excluding hydrogens is 190 g/mol. The van der Waals surface area contributed by atoms with Gasteiger partial charge in [0.2, 0.25) is 0 Å². The van der Waals surface area contributed by atoms with Crippen LogP contribution < -0.4 is 0 Å². The van der Waals surface area contributed by atoms with E-state index in [0.29, 0.717) is 17.9 Å². The van der Waals surface area contributed by atoms with Gasteiger partial charge in [-0.1, -0.05) is 12.1 Å². The van der Waals surface area contributed by atoms with E-state index in [1.807, 2.05) is 12.1 Å². The first-order valence-electron chi connectivity index (χ1n) is 4.82. The van der Waals surface area contributed by atoms with Crippen LogP contribution in [-0.4, -0.2) is 11.7 Å². The van der Waals surface area contributed by atoms with Crippen LogP contribution in [0, 0.1) is 11.3 Å². The lowest BCUT2D eigenvalue weighted by molar-refractivity contribution is 0.119. The van der Waals surface area contributed by atoms with Crippen molar-refractivity contribution in [1.29, 1.82) is 5.26 Å². The molecule has 1 N–H and O–H groups in total. The van der Waals surface area contributed by atoms with Crippen LogP contribution in [0.2, 0.25) is 0 Å². The van der Waals surface area contributed by atoms with Crippen LogP contribution >= 0.6 is 0 Å². The fraction of sp³-hybridized carbons (Fsp3) is 0.250. The first-order chi connectivity index (χ1) is 7.31. The van der Waals surface area contributed by atoms with Crippen LogP contribution in [0.1, 0.15) is 23.7 Å². The van der Waals surface area contributed by atoms with E-state index >= 15 is 0 Å². The predicted molar refractivity (Wildman–Crippen MR) is 54.8 cm³/mol. The topological polar surface area (TPSA) is 53.2 Å². The first kappa shape index (κ1) is 9.75. The number of benzene rings is 1. The zero-order valence-corrected chi connectivity index (χ0v) is 8.18. The lowest BCUT2D eigenvalue weighted by Crippen LogP contribution is -2.01. The Morgan fingerprint density at radius 3 is 2.60 bits per heavy atom. The van der Waals surface area contributed by atoms with E-state index in [2.05, 4.69) is 0 Å². The van der Waals surface area contributed by atoms with E-state index in [9.17, 15) is 5.11 Å². The minimum Gasteiger partial charge on any atom is -0.495 e. The summed E-state index contributed by atoms with van der Waals surface area (Å²) in [6.45, 7) is 0.642. The minimum absolute atomic E-state index is 0.590. The Balaban J connectivity index is 2.19. The quantitative estimate of drug-likeness (QED) is 0.795. The molecule has 3 nitrogen and oxygen atoms in total. The van der Waals surface area contributed by atoms with Crippen LogP contribution in [0.4, 0.5) is 0 Å². The summed E-state index contributed by atoms with van der Waals surface area (Å²) in [6.07, 6.45) is 2.03. The van der Waals surface area contributed by atoms with E-state index in [0.717, 1.165) is 12.0 Å². The number of ether oxygens (including phenoxy) is 1. The van der Waals surface area contributed by atoms with Gasteiger partial charge in [-0.25, -0.2) is 0 Å². The van der Waals surface area contributed by atoms with Crippen molar-refractivity contribution in [3.63, 3.8) is 0 Å². The third-order valence-corrected chi connectivity index (χ3v) is 2.36. The van der Waals surface area contributed by atoms with Crippen molar-refractivity contribution >= 4 is 0 Å². The van der Waals surface area contributed by atoms with E-state index in [4.69, 9.17) is 10.00 Å². The van der Waals surface area contributed by atoms with Crippen molar-refractivity contribution in [3.8, 4) is 6.07 Å². The number of nitriles is 1. The molecule has 1 aliphatic heterocycles. The number of hydrogen-bond donors (Lipinski definition) is 1. The standard InChI is InChI=1S/C12H11NO2/c13-8-9-3-5-10(6-4-9)12(14)11-2-1-7-15-11/h2-6,12,14H,1,7H2. The molecule has 0 fully saturated rings. The SMILES string of the molecule is N#Cc1ccc(C(O)C2=CCCO2)cc1. The Hall–Kier alpha value is -1.79. The second-order valence-corrected chi connectivity index (χ2v) is 3.38. The number of aliphatic hydroxyl groups excluding tert-OH is 1. The summed E-state index contributed by atoms with van der Waals surface area (Å²) >= 11 is 0. The molecule has 1 aromatic carbocycles. The highest BCUT2D eigenvalue weighted by atomic mass is 16.5. The third-order valence-electron chi connectivity index (χ3n) is 2.36. The molecule has 0 aliphatic carbocycles. The highest BCUT2D eigenvalue weighted by molar-refractivity contribution is 5.34. The molecule has 0 radical (unpaired) electrons. The largest absolute Gasteiger partial charge is 0.495 e. The third kappa shape index (κ3) is 2.00. The van der Waals surface area contributed by atoms with Gasteiger partial charge in [-0.2, -0.15) is 5.26 Å². The van der Waals surface area contributed by atoms with Crippen LogP contribution in [0.3, 0.4) is 0 Å². The van der Waals surface area contributed by atoms with Gasteiger partial charge < -0.3 is 9.84 Å². The summed E-state index contributed by atoms with van der Waals surface area (Å²) in [7, 11) is 0. The van der Waals surface area contributed by atoms with E-state index in [1.54, 1.807) is 24.3 Å². The zero-order chi connectivity index (χ0) is 10.7. The van der Waals surface area contributed by atoms with Crippen molar-refractivity contribution in [3.05, 3.63) is 47.2 Å². The van der Waals surface area contributed by atoms with Crippen molar-refractivity contribution < 1.29 is 9.84 Å². The van der Waals surface area contributed by atoms with Gasteiger partial charge in [0.05, 0.1) is 18.2 Å². The summed E-state index contributed by atoms with van der Waals surface area (Å²) in [5, 5.41) is 18.5. The normalized spacial score (nSPS) is 16.4. The van der Waals surface area contributed by atoms with Gasteiger partial charge in [0, 0.05) is 6.42 Å². The second kappa shape index (κ2) is 4.16. The predicted octanol–water partition coefficient (Wildman–Crippen LogP) is 1.90. The summed E-state index contributed by atoms with van der Waals surface area (Å²) in [5.41, 5.74) is 1.34. The van der Waals surface area contributed by atoms with E-state index < -0.39 is 6.10 Å². The molecule has 15 heavy (non-hydrogen) atoms. The lowest BCUT2D eigenvalue weighted by atomic mass is 10.1. The molecule has 76 valence electrons. The summed E-state index contributed by atoms with van der Waals surface area (Å²) in [5.74, 6) is 0.611. The molecule has 0 amide bonds. The van der Waals surface area contributed by atoms with Gasteiger partial charge in [-0.05, 0) is 23.8 Å². The molecule has 1 heterocycles. The summed E-state index contributed by atoms with van der Waals surface area (Å²) in [6, 6.07) is 8.90. The molecule has 0 saturated heterocycles. The monoisotopic (exact) mass is 201 g/mol. The molecule has 1 unspecified atom stereocenters. The number of aliphatic hydroxyl groups is 1. The Morgan fingerprint density at radius 1 is 1.33 bits per heavy atom. The van der Waals surface area contributed by atoms with Gasteiger partial charge in [-0.3, -0.25) is 0 Å². The Kier molecular flexibility index (Phi) is 2.70. The summed E-state index contributed by atoms with van der Waals surface area (Å²) in [4.78, 5) is 0. The van der Waals surface area contributed by atoms with Gasteiger partial charge in [-0.15, -0.1) is 0 Å². The van der Waals surface area contributed by atoms with Crippen molar-refractivity contribution in [2.24, 2.45) is 0 Å². The van der Waals surface area contributed by atoms with Gasteiger partial charge in [0.1, 0.15) is 11.9 Å². The van der Waals surface area contributed by atoms with Crippen molar-refractivity contribution in [2.45, 2.75) is 12.5 Å². The first-order valence-corrected chi connectivity index (χ1v) is 4.82. The fourth-order valence-electron chi connectivity index (χ4n) is 1.53. The average Bonchev–Trinajstić information content (AvgIpc) is 2.82. The highest BCUT2D eigenvalue weighted by Gasteiger charge is 2.17. The molecule has 1 aromatic rings. The average molecular weight is 201 g/mol. The molecule has 3 heteroatoms. The van der Waals surface area contributed by atoms with E-state index in [-0.39, 0.29) is 0 Å². The van der Waals surface area contributed by atoms with Crippen LogP contribution in [0.5, 0.6) is 0 Å². The van der Waals surface area contributed by atoms with Crippen molar-refractivity contribution in [1.82, 2.24) is 0 Å². The molecule has 1 atom stereocenters. The Labute approximate surface area is 88.2 Å². The molecule has 0 spiro atoms. The zero-order valence-electron chi connectivity index (χ0n) is 8.18. The minimum atomic E-state index is -0.708. The Morgan fingerprint density at radius 2 is 2.07 bits per heavy atom. The number of rotatable bonds is 2. The van der Waals surface area contributed by atoms with Crippen molar-refractivity contribution in [2.75, 3.05) is 6.61 Å². The molecule has 1 aliphatic rings. The maximum absolute atomic E-state index is 9.91. The smallest absolute Gasteiger partial charge is 0.136 e. The fourth-order valence-corrected chi connectivity index (χ4v) is 1.53. The van der Waals surface area contributed by atoms with Crippen LogP contribution in [0.25, 0.3) is 0 Å². The lowest BCUT2D eigenvalue weighted by Gasteiger charge is -2.12. The summed E-state index contributed by atoms with van der Waals surface area (Å²) < 4.78 is 5.27. The van der Waals surface area contributed by atoms with Crippen LogP contribution in [0.15, 0.2) is 36.1 Å². The number of nitrogens with zero attached hydrogens (tertiary/aromatic N) is 1. The number of hydrogen-bond acceptors (Lipinski definition) is 3. The van der Waals surface area contributed by atoms with Crippen LogP contribution in [-0.2, 0) is 4.74 Å². The second-order valence-electron chi connectivity index (χ2n) is 3.38. The van der Waals surface area contributed by atoms with Gasteiger partial charge >= 0.3 is 0 Å². The molecule has 0 bridgehead atoms. The molecule has 2 rings (SSSR count). The maximum atomic E-state index is 9.91. The Bertz CT molecular complexity index is 414. The van der Waals surface area contributed by atoms with Gasteiger partial charge in [0.15, 0.2) is 0 Å². The van der Waals surface area contributed by atoms with Gasteiger partial charge in [0.25, 0.3) is 0 Å². The maximum Gasteiger partial charge on any atom is 0.136 e. The highest BCUT2D eigenvalue weighted by Crippen LogP contribution is 2.26. The molecular formula is C12H11NO2. The molecule has 0 aromatic heterocycles.